The molecule has 1 aromatic heterocycles. The quantitative estimate of drug-likeness (QED) is 0.846. The van der Waals surface area contributed by atoms with Crippen molar-refractivity contribution in [1.82, 2.24) is 20.2 Å². The Morgan fingerprint density at radius 3 is 2.59 bits per heavy atom. The van der Waals surface area contributed by atoms with Gasteiger partial charge in [0, 0.05) is 63.7 Å². The molecule has 7 nitrogen and oxygen atoms in total. The van der Waals surface area contributed by atoms with Gasteiger partial charge in [0.1, 0.15) is 5.82 Å². The first-order valence-electron chi connectivity index (χ1n) is 10.0. The highest BCUT2D eigenvalue weighted by Crippen LogP contribution is 2.25. The van der Waals surface area contributed by atoms with E-state index < -0.39 is 0 Å². The van der Waals surface area contributed by atoms with Gasteiger partial charge in [0.25, 0.3) is 5.91 Å². The summed E-state index contributed by atoms with van der Waals surface area (Å²) in [6.45, 7) is 9.93. The number of nitrogens with zero attached hydrogens (tertiary/aromatic N) is 4. The fourth-order valence-electron chi connectivity index (χ4n) is 4.03. The second-order valence-electron chi connectivity index (χ2n) is 8.12. The van der Waals surface area contributed by atoms with Crippen LogP contribution in [0.15, 0.2) is 0 Å². The van der Waals surface area contributed by atoms with E-state index in [0.717, 1.165) is 62.6 Å². The average Bonchev–Trinajstić information content (AvgIpc) is 3.12. The summed E-state index contributed by atoms with van der Waals surface area (Å²) in [7, 11) is 3.46. The molecule has 7 heteroatoms. The van der Waals surface area contributed by atoms with E-state index in [0.29, 0.717) is 18.0 Å². The average molecular weight is 376 g/mol. The lowest BCUT2D eigenvalue weighted by Crippen LogP contribution is -2.44. The van der Waals surface area contributed by atoms with Gasteiger partial charge in [-0.1, -0.05) is 0 Å². The number of aromatic nitrogens is 2. The molecule has 2 aliphatic heterocycles. The third-order valence-electron chi connectivity index (χ3n) is 5.92. The van der Waals surface area contributed by atoms with Crippen molar-refractivity contribution in [2.24, 2.45) is 5.92 Å². The number of ether oxygens (including phenoxy) is 1. The van der Waals surface area contributed by atoms with E-state index in [4.69, 9.17) is 4.74 Å². The van der Waals surface area contributed by atoms with E-state index in [1.165, 1.54) is 4.90 Å². The van der Waals surface area contributed by atoms with Crippen LogP contribution in [0.1, 0.15) is 48.1 Å². The Balaban J connectivity index is 1.68. The van der Waals surface area contributed by atoms with Crippen LogP contribution in [-0.4, -0.2) is 73.3 Å². The summed E-state index contributed by atoms with van der Waals surface area (Å²) >= 11 is 0. The van der Waals surface area contributed by atoms with Crippen molar-refractivity contribution in [3.8, 4) is 0 Å². The number of amides is 1. The molecule has 0 aromatic carbocycles. The maximum absolute atomic E-state index is 12.3. The van der Waals surface area contributed by atoms with Gasteiger partial charge in [-0.2, -0.15) is 0 Å². The van der Waals surface area contributed by atoms with Crippen LogP contribution >= 0.6 is 0 Å². The standard InChI is InChI=1S/C20H33N5O2/c1-13-14(2)22-18(20(26)24(4)5)23-19(13)25-9-6-17(12-25)21-15(3)16-7-10-27-11-8-16/h15-17,21H,6-12H2,1-5H3/t15?,17-/m1/s1. The van der Waals surface area contributed by atoms with Crippen molar-refractivity contribution in [2.75, 3.05) is 45.3 Å². The zero-order chi connectivity index (χ0) is 19.6. The van der Waals surface area contributed by atoms with Gasteiger partial charge in [0.05, 0.1) is 0 Å². The van der Waals surface area contributed by atoms with E-state index in [2.05, 4.69) is 27.1 Å². The number of hydrogen-bond acceptors (Lipinski definition) is 6. The number of aryl methyl sites for hydroxylation is 1. The first-order valence-corrected chi connectivity index (χ1v) is 10.0. The van der Waals surface area contributed by atoms with Gasteiger partial charge in [0.15, 0.2) is 0 Å². The Hall–Kier alpha value is -1.73. The summed E-state index contributed by atoms with van der Waals surface area (Å²) in [6, 6.07) is 0.948. The molecular formula is C20H33N5O2. The van der Waals surface area contributed by atoms with Crippen molar-refractivity contribution in [2.45, 2.75) is 52.1 Å². The summed E-state index contributed by atoms with van der Waals surface area (Å²) in [4.78, 5) is 25.2. The summed E-state index contributed by atoms with van der Waals surface area (Å²) in [5.41, 5.74) is 1.93. The van der Waals surface area contributed by atoms with Crippen molar-refractivity contribution < 1.29 is 9.53 Å². The molecule has 150 valence electrons. The molecule has 3 heterocycles. The Kier molecular flexibility index (Phi) is 6.32. The van der Waals surface area contributed by atoms with Crippen LogP contribution in [0, 0.1) is 19.8 Å². The molecule has 0 saturated carbocycles. The normalized spacial score (nSPS) is 22.1. The maximum Gasteiger partial charge on any atom is 0.291 e. The predicted molar refractivity (Wildman–Crippen MR) is 106 cm³/mol. The molecule has 1 unspecified atom stereocenters. The highest BCUT2D eigenvalue weighted by molar-refractivity contribution is 5.90. The third-order valence-corrected chi connectivity index (χ3v) is 5.92. The minimum Gasteiger partial charge on any atom is -0.381 e. The molecule has 0 bridgehead atoms. The van der Waals surface area contributed by atoms with Crippen LogP contribution in [0.25, 0.3) is 0 Å². The molecule has 1 aromatic rings. The van der Waals surface area contributed by atoms with Crippen LogP contribution < -0.4 is 10.2 Å². The Bertz CT molecular complexity index is 673. The zero-order valence-corrected chi connectivity index (χ0v) is 17.3. The number of hydrogen-bond donors (Lipinski definition) is 1. The lowest BCUT2D eigenvalue weighted by molar-refractivity contribution is 0.0547. The van der Waals surface area contributed by atoms with Gasteiger partial charge in [-0.15, -0.1) is 0 Å². The van der Waals surface area contributed by atoms with Crippen molar-refractivity contribution in [3.63, 3.8) is 0 Å². The van der Waals surface area contributed by atoms with E-state index in [-0.39, 0.29) is 11.7 Å². The van der Waals surface area contributed by atoms with Crippen molar-refractivity contribution in [1.29, 1.82) is 0 Å². The molecule has 2 fully saturated rings. The fourth-order valence-corrected chi connectivity index (χ4v) is 4.03. The molecule has 27 heavy (non-hydrogen) atoms. The third kappa shape index (κ3) is 4.58. The maximum atomic E-state index is 12.3. The van der Waals surface area contributed by atoms with Gasteiger partial charge < -0.3 is 19.9 Å². The highest BCUT2D eigenvalue weighted by Gasteiger charge is 2.29. The van der Waals surface area contributed by atoms with Crippen molar-refractivity contribution in [3.05, 3.63) is 17.1 Å². The van der Waals surface area contributed by atoms with Crippen LogP contribution in [0.5, 0.6) is 0 Å². The summed E-state index contributed by atoms with van der Waals surface area (Å²) in [5.74, 6) is 1.72. The Morgan fingerprint density at radius 2 is 1.93 bits per heavy atom. The minimum atomic E-state index is -0.152. The van der Waals surface area contributed by atoms with Crippen LogP contribution in [0.4, 0.5) is 5.82 Å². The second kappa shape index (κ2) is 8.52. The summed E-state index contributed by atoms with van der Waals surface area (Å²) < 4.78 is 5.49. The number of nitrogens with one attached hydrogen (secondary N) is 1. The fraction of sp³-hybridized carbons (Fsp3) is 0.750. The van der Waals surface area contributed by atoms with E-state index in [1.807, 2.05) is 13.8 Å². The van der Waals surface area contributed by atoms with E-state index in [9.17, 15) is 4.79 Å². The summed E-state index contributed by atoms with van der Waals surface area (Å²) in [6.07, 6.45) is 3.38. The molecule has 2 saturated heterocycles. The molecular weight excluding hydrogens is 342 g/mol. The first-order chi connectivity index (χ1) is 12.9. The Morgan fingerprint density at radius 1 is 1.22 bits per heavy atom. The number of carbonyl (C=O) groups excluding carboxylic acids is 1. The number of carbonyl (C=O) groups is 1. The highest BCUT2D eigenvalue weighted by atomic mass is 16.5. The first kappa shape index (κ1) is 20.0. The largest absolute Gasteiger partial charge is 0.381 e. The van der Waals surface area contributed by atoms with Crippen LogP contribution in [0.3, 0.4) is 0 Å². The molecule has 3 rings (SSSR count). The number of rotatable bonds is 5. The molecule has 2 aliphatic rings. The van der Waals surface area contributed by atoms with E-state index >= 15 is 0 Å². The zero-order valence-electron chi connectivity index (χ0n) is 17.3. The van der Waals surface area contributed by atoms with E-state index in [1.54, 1.807) is 14.1 Å². The topological polar surface area (TPSA) is 70.6 Å². The molecule has 0 aliphatic carbocycles. The molecule has 0 radical (unpaired) electrons. The van der Waals surface area contributed by atoms with Gasteiger partial charge in [-0.05, 0) is 46.0 Å². The van der Waals surface area contributed by atoms with Gasteiger partial charge in [-0.3, -0.25) is 4.79 Å². The van der Waals surface area contributed by atoms with Crippen LogP contribution in [-0.2, 0) is 4.74 Å². The van der Waals surface area contributed by atoms with Gasteiger partial charge in [0.2, 0.25) is 5.82 Å². The smallest absolute Gasteiger partial charge is 0.291 e. The molecule has 2 atom stereocenters. The predicted octanol–water partition coefficient (Wildman–Crippen LogP) is 1.78. The molecule has 0 spiro atoms. The SMILES string of the molecule is Cc1nc(C(=O)N(C)C)nc(N2CC[C@@H](NC(C)C3CCOCC3)C2)c1C. The monoisotopic (exact) mass is 375 g/mol. The van der Waals surface area contributed by atoms with Crippen LogP contribution in [0.2, 0.25) is 0 Å². The lowest BCUT2D eigenvalue weighted by Gasteiger charge is -2.30. The van der Waals surface area contributed by atoms with Gasteiger partial charge in [-0.25, -0.2) is 9.97 Å². The molecule has 1 N–H and O–H groups in total. The lowest BCUT2D eigenvalue weighted by atomic mass is 9.92. The second-order valence-corrected chi connectivity index (χ2v) is 8.12. The Labute approximate surface area is 162 Å². The molecule has 1 amide bonds. The summed E-state index contributed by atoms with van der Waals surface area (Å²) in [5, 5.41) is 3.82. The van der Waals surface area contributed by atoms with Gasteiger partial charge >= 0.3 is 0 Å². The minimum absolute atomic E-state index is 0.152. The number of anilines is 1. The van der Waals surface area contributed by atoms with Crippen molar-refractivity contribution >= 4 is 11.7 Å².